The van der Waals surface area contributed by atoms with Crippen LogP contribution in [-0.4, -0.2) is 41.4 Å². The summed E-state index contributed by atoms with van der Waals surface area (Å²) in [5.74, 6) is -1.10. The zero-order chi connectivity index (χ0) is 21.2. The van der Waals surface area contributed by atoms with E-state index < -0.39 is 21.7 Å². The van der Waals surface area contributed by atoms with Gasteiger partial charge in [-0.3, -0.25) is 10.0 Å². The summed E-state index contributed by atoms with van der Waals surface area (Å²) in [7, 11) is -2.87. The van der Waals surface area contributed by atoms with Crippen molar-refractivity contribution in [2.24, 2.45) is 5.14 Å². The van der Waals surface area contributed by atoms with E-state index in [1.54, 1.807) is 12.1 Å². The number of rotatable bonds is 5. The number of nitrogens with zero attached hydrogens (tertiary/aromatic N) is 3. The Bertz CT molecular complexity index is 1190. The number of sulfonamides is 1. The molecule has 0 bridgehead atoms. The normalized spacial score (nSPS) is 11.7. The summed E-state index contributed by atoms with van der Waals surface area (Å²) in [5, 5.41) is 19.2. The number of hydroxylamine groups is 2. The van der Waals surface area contributed by atoms with E-state index in [4.69, 9.17) is 10.3 Å². The highest BCUT2D eigenvalue weighted by Crippen LogP contribution is 2.28. The van der Waals surface area contributed by atoms with Gasteiger partial charge in [-0.15, -0.1) is 0 Å². The van der Waals surface area contributed by atoms with Gasteiger partial charge in [0, 0.05) is 18.7 Å². The van der Waals surface area contributed by atoms with Crippen molar-refractivity contribution in [2.75, 3.05) is 7.05 Å². The number of para-hydroxylation sites is 1. The van der Waals surface area contributed by atoms with E-state index in [0.717, 1.165) is 6.08 Å². The van der Waals surface area contributed by atoms with Crippen molar-refractivity contribution in [3.63, 3.8) is 0 Å². The molecule has 0 saturated heterocycles. The minimum atomic E-state index is -4.05. The van der Waals surface area contributed by atoms with Crippen molar-refractivity contribution in [3.05, 3.63) is 72.2 Å². The summed E-state index contributed by atoms with van der Waals surface area (Å²) >= 11 is 0. The maximum Gasteiger partial charge on any atom is 0.269 e. The molecule has 29 heavy (non-hydrogen) atoms. The molecule has 2 aromatic carbocycles. The number of carbonyl (C=O) groups is 1. The first-order chi connectivity index (χ1) is 13.7. The number of nitrogens with two attached hydrogens (primary N) is 1. The molecule has 0 aliphatic heterocycles. The standard InChI is InChI=1S/C19H17FN4O4S/c1-23(26)19(25)11-10-15-12-17(13-6-8-14(20)9-7-13)24(22-15)16-4-2-3-5-18(16)29(21,27)28/h2-12,26H,1H3,(H2,21,27,28). The SMILES string of the molecule is CN(O)C(=O)C=Cc1cc(-c2ccc(F)cc2)n(-c2ccccc2S(N)(=O)=O)n1. The smallest absolute Gasteiger partial charge is 0.269 e. The van der Waals surface area contributed by atoms with Crippen molar-refractivity contribution < 1.29 is 22.8 Å². The number of halogens is 1. The van der Waals surface area contributed by atoms with Gasteiger partial charge in [-0.25, -0.2) is 27.7 Å². The Hall–Kier alpha value is -3.34. The summed E-state index contributed by atoms with van der Waals surface area (Å²) < 4.78 is 38.7. The van der Waals surface area contributed by atoms with Crippen LogP contribution in [0.15, 0.2) is 65.6 Å². The quantitative estimate of drug-likeness (QED) is 0.375. The second-order valence-corrected chi connectivity index (χ2v) is 7.61. The van der Waals surface area contributed by atoms with E-state index in [1.165, 1.54) is 60.3 Å². The fourth-order valence-electron chi connectivity index (χ4n) is 2.63. The summed E-state index contributed by atoms with van der Waals surface area (Å²) in [5.41, 5.74) is 1.52. The second-order valence-electron chi connectivity index (χ2n) is 6.08. The average molecular weight is 416 g/mol. The molecule has 0 aliphatic carbocycles. The average Bonchev–Trinajstić information content (AvgIpc) is 3.10. The molecule has 150 valence electrons. The van der Waals surface area contributed by atoms with Crippen LogP contribution in [0.3, 0.4) is 0 Å². The minimum absolute atomic E-state index is 0.145. The van der Waals surface area contributed by atoms with Crippen molar-refractivity contribution >= 4 is 22.0 Å². The maximum absolute atomic E-state index is 13.3. The maximum atomic E-state index is 13.3. The molecule has 0 unspecified atom stereocenters. The van der Waals surface area contributed by atoms with Crippen LogP contribution in [0.25, 0.3) is 23.0 Å². The van der Waals surface area contributed by atoms with Gasteiger partial charge >= 0.3 is 0 Å². The first-order valence-electron chi connectivity index (χ1n) is 8.29. The Morgan fingerprint density at radius 1 is 1.21 bits per heavy atom. The second kappa shape index (κ2) is 7.95. The lowest BCUT2D eigenvalue weighted by Crippen LogP contribution is -2.19. The Morgan fingerprint density at radius 2 is 1.86 bits per heavy atom. The molecule has 1 aromatic heterocycles. The first-order valence-corrected chi connectivity index (χ1v) is 9.84. The highest BCUT2D eigenvalue weighted by molar-refractivity contribution is 7.89. The Labute approximate surface area is 166 Å². The monoisotopic (exact) mass is 416 g/mol. The fourth-order valence-corrected chi connectivity index (χ4v) is 3.34. The van der Waals surface area contributed by atoms with Gasteiger partial charge < -0.3 is 0 Å². The van der Waals surface area contributed by atoms with Crippen LogP contribution in [-0.2, 0) is 14.8 Å². The number of hydrogen-bond acceptors (Lipinski definition) is 5. The topological polar surface area (TPSA) is 119 Å². The van der Waals surface area contributed by atoms with Gasteiger partial charge in [0.1, 0.15) is 10.7 Å². The number of amides is 1. The number of primary sulfonamides is 1. The molecular weight excluding hydrogens is 399 g/mol. The van der Waals surface area contributed by atoms with E-state index in [2.05, 4.69) is 5.10 Å². The van der Waals surface area contributed by atoms with Crippen molar-refractivity contribution in [2.45, 2.75) is 4.90 Å². The predicted octanol–water partition coefficient (Wildman–Crippen LogP) is 2.19. The van der Waals surface area contributed by atoms with E-state index in [9.17, 15) is 17.6 Å². The van der Waals surface area contributed by atoms with Crippen molar-refractivity contribution in [1.29, 1.82) is 0 Å². The molecule has 0 aliphatic rings. The van der Waals surface area contributed by atoms with E-state index in [1.807, 2.05) is 0 Å². The van der Waals surface area contributed by atoms with E-state index in [0.29, 0.717) is 22.0 Å². The summed E-state index contributed by atoms with van der Waals surface area (Å²) in [6.07, 6.45) is 2.46. The molecular formula is C19H17FN4O4S. The molecule has 0 spiro atoms. The van der Waals surface area contributed by atoms with Crippen LogP contribution >= 0.6 is 0 Å². The summed E-state index contributed by atoms with van der Waals surface area (Å²) in [4.78, 5) is 11.4. The van der Waals surface area contributed by atoms with Gasteiger partial charge in [0.05, 0.1) is 17.1 Å². The van der Waals surface area contributed by atoms with Gasteiger partial charge in [-0.05, 0) is 48.5 Å². The Morgan fingerprint density at radius 3 is 2.48 bits per heavy atom. The van der Waals surface area contributed by atoms with Gasteiger partial charge in [-0.2, -0.15) is 5.10 Å². The molecule has 0 fully saturated rings. The molecule has 3 rings (SSSR count). The zero-order valence-corrected chi connectivity index (χ0v) is 16.0. The highest BCUT2D eigenvalue weighted by atomic mass is 32.2. The van der Waals surface area contributed by atoms with E-state index >= 15 is 0 Å². The molecule has 0 atom stereocenters. The van der Waals surface area contributed by atoms with Gasteiger partial charge in [0.2, 0.25) is 10.0 Å². The minimum Gasteiger partial charge on any atom is -0.286 e. The van der Waals surface area contributed by atoms with Crippen LogP contribution < -0.4 is 5.14 Å². The van der Waals surface area contributed by atoms with Gasteiger partial charge in [-0.1, -0.05) is 12.1 Å². The molecule has 0 saturated carbocycles. The summed E-state index contributed by atoms with van der Waals surface area (Å²) in [6, 6.07) is 13.2. The van der Waals surface area contributed by atoms with Crippen LogP contribution in [0.1, 0.15) is 5.69 Å². The lowest BCUT2D eigenvalue weighted by atomic mass is 10.1. The molecule has 8 nitrogen and oxygen atoms in total. The Kier molecular flexibility index (Phi) is 5.59. The molecule has 0 radical (unpaired) electrons. The van der Waals surface area contributed by atoms with Gasteiger partial charge in [0.15, 0.2) is 0 Å². The number of aromatic nitrogens is 2. The first kappa shape index (κ1) is 20.4. The lowest BCUT2D eigenvalue weighted by molar-refractivity contribution is -0.153. The third-order valence-electron chi connectivity index (χ3n) is 3.98. The van der Waals surface area contributed by atoms with E-state index in [-0.39, 0.29) is 10.6 Å². The Balaban J connectivity index is 2.20. The lowest BCUT2D eigenvalue weighted by Gasteiger charge is -2.11. The number of hydrogen-bond donors (Lipinski definition) is 2. The molecule has 3 N–H and O–H groups in total. The van der Waals surface area contributed by atoms with Crippen LogP contribution in [0.5, 0.6) is 0 Å². The molecule has 1 amide bonds. The number of likely N-dealkylation sites (N-methyl/N-ethyl adjacent to an activating group) is 1. The zero-order valence-electron chi connectivity index (χ0n) is 15.2. The van der Waals surface area contributed by atoms with Crippen molar-refractivity contribution in [3.8, 4) is 16.9 Å². The number of benzene rings is 2. The fraction of sp³-hybridized carbons (Fsp3) is 0.0526. The largest absolute Gasteiger partial charge is 0.286 e. The third kappa shape index (κ3) is 4.57. The highest BCUT2D eigenvalue weighted by Gasteiger charge is 2.19. The third-order valence-corrected chi connectivity index (χ3v) is 4.94. The predicted molar refractivity (Wildman–Crippen MR) is 104 cm³/mol. The van der Waals surface area contributed by atoms with Gasteiger partial charge in [0.25, 0.3) is 5.91 Å². The van der Waals surface area contributed by atoms with Crippen molar-refractivity contribution in [1.82, 2.24) is 14.8 Å². The van der Waals surface area contributed by atoms with Crippen LogP contribution in [0.4, 0.5) is 4.39 Å². The summed E-state index contributed by atoms with van der Waals surface area (Å²) in [6.45, 7) is 0. The number of carbonyl (C=O) groups excluding carboxylic acids is 1. The molecule has 1 heterocycles. The molecule has 3 aromatic rings. The molecule has 10 heteroatoms. The van der Waals surface area contributed by atoms with Crippen LogP contribution in [0.2, 0.25) is 0 Å². The van der Waals surface area contributed by atoms with Crippen LogP contribution in [0, 0.1) is 5.82 Å².